The second kappa shape index (κ2) is 11.9. The van der Waals surface area contributed by atoms with Crippen LogP contribution in [0, 0.1) is 0 Å². The molecule has 0 aliphatic heterocycles. The van der Waals surface area contributed by atoms with Crippen LogP contribution in [0.5, 0.6) is 11.5 Å². The van der Waals surface area contributed by atoms with Crippen molar-refractivity contribution >= 4 is 75.6 Å². The Morgan fingerprint density at radius 2 is 1.33 bits per heavy atom. The van der Waals surface area contributed by atoms with Gasteiger partial charge in [0.15, 0.2) is 5.75 Å². The molecule has 0 amide bonds. The molecule has 0 unspecified atom stereocenters. The van der Waals surface area contributed by atoms with E-state index in [0.717, 1.165) is 0 Å². The van der Waals surface area contributed by atoms with Crippen LogP contribution in [0.4, 0.5) is 22.7 Å². The number of benzene rings is 6. The van der Waals surface area contributed by atoms with Crippen molar-refractivity contribution in [3.63, 3.8) is 0 Å². The number of rotatable bonds is 7. The van der Waals surface area contributed by atoms with Crippen LogP contribution in [0.3, 0.4) is 0 Å². The summed E-state index contributed by atoms with van der Waals surface area (Å²) >= 11 is 0. The molecule has 0 saturated heterocycles. The van der Waals surface area contributed by atoms with Gasteiger partial charge in [0.25, 0.3) is 20.2 Å². The summed E-state index contributed by atoms with van der Waals surface area (Å²) in [7, 11) is -9.29. The highest BCUT2D eigenvalue weighted by atomic mass is 32.2. The van der Waals surface area contributed by atoms with Crippen LogP contribution in [-0.2, 0) is 20.2 Å². The number of hydrogen-bond acceptors (Lipinski definition) is 11. The van der Waals surface area contributed by atoms with Crippen LogP contribution < -0.4 is 0 Å². The second-order valence-electron chi connectivity index (χ2n) is 10.8. The molecular weight excluding hydrogens is 673 g/mol. The fourth-order valence-corrected chi connectivity index (χ4v) is 6.46. The molecule has 7 rings (SSSR count). The predicted molar refractivity (Wildman–Crippen MR) is 181 cm³/mol. The van der Waals surface area contributed by atoms with Gasteiger partial charge < -0.3 is 15.2 Å². The van der Waals surface area contributed by atoms with Crippen LogP contribution in [0.1, 0.15) is 0 Å². The van der Waals surface area contributed by atoms with Crippen LogP contribution in [0.15, 0.2) is 133 Å². The Morgan fingerprint density at radius 3 is 2.08 bits per heavy atom. The molecule has 49 heavy (non-hydrogen) atoms. The fraction of sp³-hybridized carbons (Fsp3) is 0. The standard InChI is InChI=1S/C33H22N6O8S2/c40-27-14-9-18-16-22(48(42,43)44)10-11-23(18)30(27)38-37-21-8-4-5-19(15-21)33-34-26-13-12-24-25(29(26)35-33)17-28(49(45,46)47)31(32(24)41)39-36-20-6-2-1-3-7-20/h1-17,40-41H,(H,34,35)(H,42,43,44)(H,45,46,47). The highest BCUT2D eigenvalue weighted by molar-refractivity contribution is 7.86. The molecule has 0 aliphatic rings. The number of nitrogens with zero attached hydrogens (tertiary/aromatic N) is 5. The average molecular weight is 695 g/mol. The van der Waals surface area contributed by atoms with Crippen molar-refractivity contribution in [1.82, 2.24) is 9.97 Å². The molecule has 0 bridgehead atoms. The van der Waals surface area contributed by atoms with E-state index < -0.39 is 36.6 Å². The van der Waals surface area contributed by atoms with Gasteiger partial charge in [-0.25, -0.2) is 4.98 Å². The lowest BCUT2D eigenvalue weighted by Crippen LogP contribution is -1.99. The number of hydrogen-bond donors (Lipinski definition) is 5. The lowest BCUT2D eigenvalue weighted by molar-refractivity contribution is 0.472. The fourth-order valence-electron chi connectivity index (χ4n) is 5.29. The minimum absolute atomic E-state index is 0.0807. The van der Waals surface area contributed by atoms with E-state index >= 15 is 0 Å². The number of phenols is 2. The smallest absolute Gasteiger partial charge is 0.296 e. The Labute approximate surface area is 277 Å². The van der Waals surface area contributed by atoms with Crippen LogP contribution in [0.25, 0.3) is 44.0 Å². The van der Waals surface area contributed by atoms with E-state index in [2.05, 4.69) is 30.4 Å². The van der Waals surface area contributed by atoms with Gasteiger partial charge in [-0.3, -0.25) is 9.11 Å². The van der Waals surface area contributed by atoms with E-state index in [0.29, 0.717) is 44.6 Å². The number of nitrogens with one attached hydrogen (secondary N) is 1. The predicted octanol–water partition coefficient (Wildman–Crippen LogP) is 8.27. The van der Waals surface area contributed by atoms with Gasteiger partial charge in [0.05, 0.1) is 27.3 Å². The van der Waals surface area contributed by atoms with E-state index in [9.17, 15) is 36.2 Å². The Balaban J connectivity index is 1.28. The minimum Gasteiger partial charge on any atom is -0.506 e. The van der Waals surface area contributed by atoms with Crippen LogP contribution in [-0.4, -0.2) is 46.1 Å². The van der Waals surface area contributed by atoms with Gasteiger partial charge >= 0.3 is 0 Å². The molecular formula is C33H22N6O8S2. The third kappa shape index (κ3) is 6.07. The maximum atomic E-state index is 12.4. The number of azo groups is 2. The van der Waals surface area contributed by atoms with Crippen molar-refractivity contribution < 1.29 is 36.2 Å². The first kappa shape index (κ1) is 31.5. The Kier molecular flexibility index (Phi) is 7.64. The normalized spacial score (nSPS) is 12.6. The van der Waals surface area contributed by atoms with Gasteiger partial charge in [0, 0.05) is 21.7 Å². The summed E-state index contributed by atoms with van der Waals surface area (Å²) in [5.74, 6) is -0.344. The Hall–Kier alpha value is -6.07. The van der Waals surface area contributed by atoms with Crippen LogP contribution in [0.2, 0.25) is 0 Å². The first-order valence-corrected chi connectivity index (χ1v) is 17.1. The molecule has 5 N–H and O–H groups in total. The third-order valence-electron chi connectivity index (χ3n) is 7.61. The van der Waals surface area contributed by atoms with Crippen molar-refractivity contribution in [2.75, 3.05) is 0 Å². The summed E-state index contributed by atoms with van der Waals surface area (Å²) in [4.78, 5) is 6.87. The number of phenolic OH excluding ortho intramolecular Hbond substituents is 2. The number of fused-ring (bicyclic) bond motifs is 4. The summed E-state index contributed by atoms with van der Waals surface area (Å²) in [6.45, 7) is 0. The zero-order valence-corrected chi connectivity index (χ0v) is 26.4. The lowest BCUT2D eigenvalue weighted by Gasteiger charge is -2.09. The lowest BCUT2D eigenvalue weighted by atomic mass is 10.1. The molecule has 0 radical (unpaired) electrons. The van der Waals surface area contributed by atoms with Crippen molar-refractivity contribution in [1.29, 1.82) is 0 Å². The SMILES string of the molecule is O=S(=O)(O)c1ccc2c(N=Nc3cccc(-c4nc5c(ccc6c(O)c(N=Nc7ccccc7)c(S(=O)(=O)O)cc65)[nH]4)c3)c(O)ccc2c1. The largest absolute Gasteiger partial charge is 0.506 e. The van der Waals surface area contributed by atoms with Crippen molar-refractivity contribution in [2.24, 2.45) is 20.5 Å². The number of aromatic hydroxyl groups is 2. The molecule has 0 saturated carbocycles. The Morgan fingerprint density at radius 1 is 0.612 bits per heavy atom. The third-order valence-corrected chi connectivity index (χ3v) is 9.32. The molecule has 0 fully saturated rings. The summed E-state index contributed by atoms with van der Waals surface area (Å²) in [6.07, 6.45) is 0. The van der Waals surface area contributed by atoms with Gasteiger partial charge in [-0.05, 0) is 66.0 Å². The minimum atomic E-state index is -4.86. The Bertz CT molecular complexity index is 2750. The van der Waals surface area contributed by atoms with Crippen LogP contribution >= 0.6 is 0 Å². The molecule has 0 spiro atoms. The van der Waals surface area contributed by atoms with Gasteiger partial charge in [0.2, 0.25) is 0 Å². The van der Waals surface area contributed by atoms with E-state index in [4.69, 9.17) is 0 Å². The molecule has 0 atom stereocenters. The first-order valence-electron chi connectivity index (χ1n) is 14.2. The first-order chi connectivity index (χ1) is 23.4. The molecule has 0 aliphatic carbocycles. The number of aromatic amines is 1. The summed E-state index contributed by atoms with van der Waals surface area (Å²) in [6, 6.07) is 26.3. The highest BCUT2D eigenvalue weighted by Crippen LogP contribution is 2.44. The van der Waals surface area contributed by atoms with Gasteiger partial charge in [-0.15, -0.1) is 10.2 Å². The monoisotopic (exact) mass is 694 g/mol. The zero-order valence-electron chi connectivity index (χ0n) is 24.8. The van der Waals surface area contributed by atoms with E-state index in [1.807, 2.05) is 0 Å². The van der Waals surface area contributed by atoms with Gasteiger partial charge in [-0.1, -0.05) is 42.5 Å². The van der Waals surface area contributed by atoms with E-state index in [-0.39, 0.29) is 27.1 Å². The molecule has 16 heteroatoms. The second-order valence-corrected chi connectivity index (χ2v) is 13.6. The molecule has 1 heterocycles. The van der Waals surface area contributed by atoms with E-state index in [1.54, 1.807) is 66.7 Å². The van der Waals surface area contributed by atoms with Crippen molar-refractivity contribution in [2.45, 2.75) is 9.79 Å². The molecule has 7 aromatic rings. The van der Waals surface area contributed by atoms with Gasteiger partial charge in [-0.2, -0.15) is 27.1 Å². The van der Waals surface area contributed by atoms with Gasteiger partial charge in [0.1, 0.15) is 27.8 Å². The molecule has 244 valence electrons. The summed E-state index contributed by atoms with van der Waals surface area (Å²) in [5.41, 5.74) is 1.79. The zero-order chi connectivity index (χ0) is 34.5. The quantitative estimate of drug-likeness (QED) is 0.0797. The number of H-pyrrole nitrogens is 1. The summed E-state index contributed by atoms with van der Waals surface area (Å²) < 4.78 is 67.4. The highest BCUT2D eigenvalue weighted by Gasteiger charge is 2.24. The van der Waals surface area contributed by atoms with E-state index in [1.165, 1.54) is 36.4 Å². The average Bonchev–Trinajstić information content (AvgIpc) is 3.52. The topological polar surface area (TPSA) is 227 Å². The summed E-state index contributed by atoms with van der Waals surface area (Å²) in [5, 5.41) is 39.3. The molecule has 1 aromatic heterocycles. The van der Waals surface area contributed by atoms with Crippen molar-refractivity contribution in [3.05, 3.63) is 103 Å². The molecule has 6 aromatic carbocycles. The maximum Gasteiger partial charge on any atom is 0.296 e. The number of aromatic nitrogens is 2. The van der Waals surface area contributed by atoms with Crippen molar-refractivity contribution in [3.8, 4) is 22.9 Å². The maximum absolute atomic E-state index is 12.4. The molecule has 14 nitrogen and oxygen atoms in total. The number of imidazole rings is 1.